The van der Waals surface area contributed by atoms with Crippen molar-refractivity contribution in [1.82, 2.24) is 4.72 Å². The van der Waals surface area contributed by atoms with Crippen LogP contribution in [0.2, 0.25) is 0 Å². The summed E-state index contributed by atoms with van der Waals surface area (Å²) >= 11 is 1.54. The number of rotatable bonds is 6. The molecule has 6 nitrogen and oxygen atoms in total. The molecule has 0 unspecified atom stereocenters. The second-order valence-electron chi connectivity index (χ2n) is 6.22. The van der Waals surface area contributed by atoms with E-state index in [0.717, 1.165) is 10.5 Å². The van der Waals surface area contributed by atoms with Crippen molar-refractivity contribution in [3.8, 4) is 5.75 Å². The van der Waals surface area contributed by atoms with E-state index in [1.807, 2.05) is 38.1 Å². The minimum Gasteiger partial charge on any atom is -0.494 e. The second kappa shape index (κ2) is 8.33. The molecule has 1 amide bonds. The average Bonchev–Trinajstić information content (AvgIpc) is 2.79. The smallest absolute Gasteiger partial charge is 0.240 e. The molecule has 2 aromatic rings. The second-order valence-corrected chi connectivity index (χ2v) is 9.05. The largest absolute Gasteiger partial charge is 0.494 e. The first kappa shape index (κ1) is 19.7. The van der Waals surface area contributed by atoms with E-state index in [1.54, 1.807) is 23.9 Å². The summed E-state index contributed by atoms with van der Waals surface area (Å²) in [5.74, 6) is 1.09. The van der Waals surface area contributed by atoms with Crippen LogP contribution in [0.25, 0.3) is 0 Å². The van der Waals surface area contributed by atoms with Gasteiger partial charge in [-0.05, 0) is 31.2 Å². The number of sulfonamides is 1. The Kier molecular flexibility index (Phi) is 6.08. The van der Waals surface area contributed by atoms with Gasteiger partial charge in [0.1, 0.15) is 5.75 Å². The first-order valence-electron chi connectivity index (χ1n) is 8.69. The maximum absolute atomic E-state index is 12.7. The SMILES string of the molecule is CCOc1ccccc1CNS(=O)(=O)c1ccc2c(c1)NC(=O)[C@H](C)CS2. The Morgan fingerprint density at radius 3 is 2.81 bits per heavy atom. The van der Waals surface area contributed by atoms with Crippen LogP contribution in [0.15, 0.2) is 52.3 Å². The van der Waals surface area contributed by atoms with Gasteiger partial charge in [0.05, 0.1) is 17.2 Å². The summed E-state index contributed by atoms with van der Waals surface area (Å²) in [5, 5.41) is 2.81. The fourth-order valence-corrected chi connectivity index (χ4v) is 4.69. The maximum Gasteiger partial charge on any atom is 0.240 e. The molecule has 0 saturated heterocycles. The molecule has 8 heteroatoms. The number of amides is 1. The lowest BCUT2D eigenvalue weighted by Crippen LogP contribution is -2.24. The zero-order valence-corrected chi connectivity index (χ0v) is 16.8. The van der Waals surface area contributed by atoms with Crippen LogP contribution in [0.5, 0.6) is 5.75 Å². The number of nitrogens with one attached hydrogen (secondary N) is 2. The van der Waals surface area contributed by atoms with E-state index >= 15 is 0 Å². The summed E-state index contributed by atoms with van der Waals surface area (Å²) in [5.41, 5.74) is 1.29. The van der Waals surface area contributed by atoms with Gasteiger partial charge in [0.2, 0.25) is 15.9 Å². The van der Waals surface area contributed by atoms with Crippen molar-refractivity contribution < 1.29 is 17.9 Å². The van der Waals surface area contributed by atoms with Gasteiger partial charge in [-0.25, -0.2) is 13.1 Å². The van der Waals surface area contributed by atoms with E-state index in [0.29, 0.717) is 23.8 Å². The van der Waals surface area contributed by atoms with Crippen molar-refractivity contribution in [2.24, 2.45) is 5.92 Å². The Hall–Kier alpha value is -2.03. The first-order valence-corrected chi connectivity index (χ1v) is 11.2. The van der Waals surface area contributed by atoms with E-state index in [9.17, 15) is 13.2 Å². The summed E-state index contributed by atoms with van der Waals surface area (Å²) in [6.07, 6.45) is 0. The van der Waals surface area contributed by atoms with E-state index < -0.39 is 10.0 Å². The van der Waals surface area contributed by atoms with E-state index in [4.69, 9.17) is 4.74 Å². The quantitative estimate of drug-likeness (QED) is 0.769. The molecular weight excluding hydrogens is 384 g/mol. The summed E-state index contributed by atoms with van der Waals surface area (Å²) in [7, 11) is -3.73. The summed E-state index contributed by atoms with van der Waals surface area (Å²) in [6.45, 7) is 4.35. The van der Waals surface area contributed by atoms with E-state index in [1.165, 1.54) is 6.07 Å². The maximum atomic E-state index is 12.7. The molecule has 0 bridgehead atoms. The molecule has 0 spiro atoms. The van der Waals surface area contributed by atoms with Crippen LogP contribution in [-0.2, 0) is 21.4 Å². The Morgan fingerprint density at radius 1 is 1.26 bits per heavy atom. The zero-order chi connectivity index (χ0) is 19.4. The van der Waals surface area contributed by atoms with Crippen LogP contribution < -0.4 is 14.8 Å². The van der Waals surface area contributed by atoms with Crippen LogP contribution >= 0.6 is 11.8 Å². The predicted octanol–water partition coefficient (Wildman–Crippen LogP) is 3.24. The van der Waals surface area contributed by atoms with Crippen LogP contribution in [-0.4, -0.2) is 26.7 Å². The van der Waals surface area contributed by atoms with Gasteiger partial charge >= 0.3 is 0 Å². The zero-order valence-electron chi connectivity index (χ0n) is 15.2. The fraction of sp³-hybridized carbons (Fsp3) is 0.316. The minimum absolute atomic E-state index is 0.102. The van der Waals surface area contributed by atoms with Crippen LogP contribution in [0.4, 0.5) is 5.69 Å². The Morgan fingerprint density at radius 2 is 2.04 bits per heavy atom. The molecule has 1 aliphatic rings. The highest BCUT2D eigenvalue weighted by molar-refractivity contribution is 7.99. The molecular formula is C19H22N2O4S2. The molecule has 2 aromatic carbocycles. The van der Waals surface area contributed by atoms with Crippen molar-refractivity contribution in [2.45, 2.75) is 30.2 Å². The number of para-hydroxylation sites is 1. The minimum atomic E-state index is -3.73. The van der Waals surface area contributed by atoms with Gasteiger partial charge in [-0.3, -0.25) is 4.79 Å². The number of benzene rings is 2. The number of carbonyl (C=O) groups excluding carboxylic acids is 1. The molecule has 3 rings (SSSR count). The molecule has 0 aromatic heterocycles. The van der Waals surface area contributed by atoms with Crippen LogP contribution in [0, 0.1) is 5.92 Å². The van der Waals surface area contributed by atoms with Gasteiger partial charge in [-0.2, -0.15) is 0 Å². The van der Waals surface area contributed by atoms with Crippen molar-refractivity contribution in [1.29, 1.82) is 0 Å². The molecule has 1 heterocycles. The third-order valence-corrected chi connectivity index (χ3v) is 6.91. The molecule has 27 heavy (non-hydrogen) atoms. The number of anilines is 1. The van der Waals surface area contributed by atoms with Gasteiger partial charge in [0.25, 0.3) is 0 Å². The number of hydrogen-bond donors (Lipinski definition) is 2. The van der Waals surface area contributed by atoms with Crippen LogP contribution in [0.3, 0.4) is 0 Å². The number of fused-ring (bicyclic) bond motifs is 1. The Labute approximate surface area is 163 Å². The predicted molar refractivity (Wildman–Crippen MR) is 107 cm³/mol. The molecule has 144 valence electrons. The monoisotopic (exact) mass is 406 g/mol. The number of carbonyl (C=O) groups is 1. The third kappa shape index (κ3) is 4.63. The normalized spacial score (nSPS) is 17.0. The van der Waals surface area contributed by atoms with Crippen molar-refractivity contribution >= 4 is 33.4 Å². The lowest BCUT2D eigenvalue weighted by atomic mass is 10.2. The van der Waals surface area contributed by atoms with E-state index in [2.05, 4.69) is 10.0 Å². The van der Waals surface area contributed by atoms with Crippen molar-refractivity contribution in [3.63, 3.8) is 0 Å². The van der Waals surface area contributed by atoms with Gasteiger partial charge < -0.3 is 10.1 Å². The highest BCUT2D eigenvalue weighted by Crippen LogP contribution is 2.34. The van der Waals surface area contributed by atoms with E-state index in [-0.39, 0.29) is 23.3 Å². The molecule has 0 radical (unpaired) electrons. The highest BCUT2D eigenvalue weighted by Gasteiger charge is 2.23. The third-order valence-electron chi connectivity index (χ3n) is 4.18. The average molecular weight is 407 g/mol. The summed E-state index contributed by atoms with van der Waals surface area (Å²) < 4.78 is 33.6. The van der Waals surface area contributed by atoms with Crippen molar-refractivity contribution in [3.05, 3.63) is 48.0 Å². The lowest BCUT2D eigenvalue weighted by molar-refractivity contribution is -0.118. The first-order chi connectivity index (χ1) is 12.9. The molecule has 2 N–H and O–H groups in total. The Balaban J connectivity index is 1.80. The molecule has 0 fully saturated rings. The number of hydrogen-bond acceptors (Lipinski definition) is 5. The lowest BCUT2D eigenvalue weighted by Gasteiger charge is -2.13. The van der Waals surface area contributed by atoms with Crippen molar-refractivity contribution in [2.75, 3.05) is 17.7 Å². The van der Waals surface area contributed by atoms with Gasteiger partial charge in [-0.1, -0.05) is 25.1 Å². The highest BCUT2D eigenvalue weighted by atomic mass is 32.2. The molecule has 1 atom stereocenters. The summed E-state index contributed by atoms with van der Waals surface area (Å²) in [4.78, 5) is 13.0. The summed E-state index contributed by atoms with van der Waals surface area (Å²) in [6, 6.07) is 12.1. The molecule has 0 aliphatic carbocycles. The molecule has 1 aliphatic heterocycles. The molecule has 0 saturated carbocycles. The number of ether oxygens (including phenoxy) is 1. The topological polar surface area (TPSA) is 84.5 Å². The van der Waals surface area contributed by atoms with Crippen LogP contribution in [0.1, 0.15) is 19.4 Å². The van der Waals surface area contributed by atoms with Gasteiger partial charge in [-0.15, -0.1) is 11.8 Å². The Bertz CT molecular complexity index is 944. The number of thioether (sulfide) groups is 1. The fourth-order valence-electron chi connectivity index (χ4n) is 2.65. The van der Waals surface area contributed by atoms with Gasteiger partial charge in [0, 0.05) is 28.7 Å². The van der Waals surface area contributed by atoms with Gasteiger partial charge in [0.15, 0.2) is 0 Å². The standard InChI is InChI=1S/C19H22N2O4S2/c1-3-25-17-7-5-4-6-14(17)11-20-27(23,24)15-8-9-18-16(10-15)21-19(22)13(2)12-26-18/h4-10,13,20H,3,11-12H2,1-2H3,(H,21,22)/t13-/m1/s1.